The molecule has 0 fully saturated rings. The van der Waals surface area contributed by atoms with E-state index in [1.165, 1.54) is 15.6 Å². The summed E-state index contributed by atoms with van der Waals surface area (Å²) < 4.78 is 6.76. The zero-order valence-corrected chi connectivity index (χ0v) is 12.8. The number of fused-ring (bicyclic) bond motifs is 1. The van der Waals surface area contributed by atoms with Gasteiger partial charge in [-0.25, -0.2) is 0 Å². The minimum absolute atomic E-state index is 0.0695. The Morgan fingerprint density at radius 2 is 1.95 bits per heavy atom. The van der Waals surface area contributed by atoms with Gasteiger partial charge in [-0.1, -0.05) is 39.0 Å². The molecule has 3 heteroatoms. The highest BCUT2D eigenvalue weighted by atomic mass is 32.1. The van der Waals surface area contributed by atoms with Crippen molar-refractivity contribution in [3.63, 3.8) is 0 Å². The Morgan fingerprint density at radius 3 is 2.58 bits per heavy atom. The van der Waals surface area contributed by atoms with E-state index in [9.17, 15) is 5.11 Å². The van der Waals surface area contributed by atoms with Crippen LogP contribution in [0.2, 0.25) is 0 Å². The maximum atomic E-state index is 10.5. The third-order valence-electron chi connectivity index (χ3n) is 3.45. The molecule has 0 aliphatic carbocycles. The molecule has 2 nitrogen and oxygen atoms in total. The lowest BCUT2D eigenvalue weighted by Gasteiger charge is -2.33. The van der Waals surface area contributed by atoms with Crippen LogP contribution in [0.15, 0.2) is 29.6 Å². The third-order valence-corrected chi connectivity index (χ3v) is 4.46. The smallest absolute Gasteiger partial charge is 0.0881 e. The van der Waals surface area contributed by atoms with Crippen LogP contribution in [0.3, 0.4) is 0 Å². The summed E-state index contributed by atoms with van der Waals surface area (Å²) in [6, 6.07) is 8.33. The first-order valence-electron chi connectivity index (χ1n) is 6.59. The Kier molecular flexibility index (Phi) is 4.29. The molecule has 2 rings (SSSR count). The Balaban J connectivity index is 2.21. The Hall–Kier alpha value is -0.900. The van der Waals surface area contributed by atoms with Crippen molar-refractivity contribution in [1.29, 1.82) is 0 Å². The van der Waals surface area contributed by atoms with E-state index in [-0.39, 0.29) is 11.5 Å². The Bertz CT molecular complexity index is 539. The van der Waals surface area contributed by atoms with Crippen LogP contribution in [0.25, 0.3) is 10.1 Å². The van der Waals surface area contributed by atoms with Crippen molar-refractivity contribution in [2.45, 2.75) is 39.4 Å². The second-order valence-corrected chi connectivity index (χ2v) is 6.96. The number of hydrogen-bond donors (Lipinski definition) is 1. The number of aliphatic hydroxyl groups is 1. The van der Waals surface area contributed by atoms with E-state index in [0.717, 1.165) is 0 Å². The molecule has 0 bridgehead atoms. The molecule has 0 radical (unpaired) electrons. The molecule has 0 aliphatic heterocycles. The van der Waals surface area contributed by atoms with E-state index in [0.29, 0.717) is 6.42 Å². The van der Waals surface area contributed by atoms with Crippen LogP contribution in [0, 0.1) is 5.41 Å². The van der Waals surface area contributed by atoms with Gasteiger partial charge in [0, 0.05) is 18.2 Å². The molecule has 0 amide bonds. The van der Waals surface area contributed by atoms with Crippen molar-refractivity contribution >= 4 is 21.4 Å². The summed E-state index contributed by atoms with van der Waals surface area (Å²) >= 11 is 1.73. The normalized spacial score (nSPS) is 15.6. The summed E-state index contributed by atoms with van der Waals surface area (Å²) in [5, 5.41) is 13.8. The summed E-state index contributed by atoms with van der Waals surface area (Å²) in [6.45, 7) is 6.28. The van der Waals surface area contributed by atoms with Crippen LogP contribution in [-0.2, 0) is 11.2 Å². The van der Waals surface area contributed by atoms with E-state index in [1.54, 1.807) is 18.4 Å². The highest BCUT2D eigenvalue weighted by molar-refractivity contribution is 7.17. The van der Waals surface area contributed by atoms with E-state index >= 15 is 0 Å². The van der Waals surface area contributed by atoms with Crippen LogP contribution in [0.1, 0.15) is 26.3 Å². The first kappa shape index (κ1) is 14.5. The van der Waals surface area contributed by atoms with E-state index in [2.05, 4.69) is 38.3 Å². The zero-order valence-electron chi connectivity index (χ0n) is 12.0. The average Bonchev–Trinajstić information content (AvgIpc) is 2.72. The van der Waals surface area contributed by atoms with Crippen LogP contribution in [-0.4, -0.2) is 24.4 Å². The van der Waals surface area contributed by atoms with Crippen molar-refractivity contribution in [2.75, 3.05) is 7.11 Å². The van der Waals surface area contributed by atoms with Gasteiger partial charge in [0.15, 0.2) is 0 Å². The predicted octanol–water partition coefficient (Wildman–Crippen LogP) is 3.87. The molecular formula is C16H22O2S. The Labute approximate surface area is 119 Å². The quantitative estimate of drug-likeness (QED) is 0.920. The van der Waals surface area contributed by atoms with E-state index in [1.807, 2.05) is 12.1 Å². The second-order valence-electron chi connectivity index (χ2n) is 6.05. The maximum Gasteiger partial charge on any atom is 0.0881 e. The van der Waals surface area contributed by atoms with Gasteiger partial charge in [-0.15, -0.1) is 11.3 Å². The highest BCUT2D eigenvalue weighted by Crippen LogP contribution is 2.30. The molecule has 0 saturated heterocycles. The summed E-state index contributed by atoms with van der Waals surface area (Å²) in [7, 11) is 1.67. The number of ether oxygens (including phenoxy) is 1. The van der Waals surface area contributed by atoms with Crippen molar-refractivity contribution < 1.29 is 9.84 Å². The lowest BCUT2D eigenvalue weighted by molar-refractivity contribution is -0.0697. The number of thiophene rings is 1. The standard InChI is InChI=1S/C16H22O2S/c1-16(2,3)15(18-4)13(17)9-11-10-19-14-8-6-5-7-12(11)14/h5-8,10,13,15,17H,9H2,1-4H3. The summed E-state index contributed by atoms with van der Waals surface area (Å²) in [5.74, 6) is 0. The molecule has 0 aliphatic rings. The lowest BCUT2D eigenvalue weighted by Crippen LogP contribution is -2.40. The highest BCUT2D eigenvalue weighted by Gasteiger charge is 2.31. The topological polar surface area (TPSA) is 29.5 Å². The van der Waals surface area contributed by atoms with Crippen molar-refractivity contribution in [2.24, 2.45) is 5.41 Å². The molecule has 0 spiro atoms. The molecule has 1 aromatic carbocycles. The number of rotatable bonds is 4. The van der Waals surface area contributed by atoms with Gasteiger partial charge in [0.05, 0.1) is 12.2 Å². The van der Waals surface area contributed by atoms with Crippen molar-refractivity contribution in [3.05, 3.63) is 35.2 Å². The third kappa shape index (κ3) is 3.16. The first-order valence-corrected chi connectivity index (χ1v) is 7.47. The fourth-order valence-electron chi connectivity index (χ4n) is 2.61. The van der Waals surface area contributed by atoms with Crippen molar-refractivity contribution in [3.8, 4) is 0 Å². The summed E-state index contributed by atoms with van der Waals surface area (Å²) in [6.07, 6.45) is -0.00561. The van der Waals surface area contributed by atoms with Gasteiger partial charge in [-0.2, -0.15) is 0 Å². The fraction of sp³-hybridized carbons (Fsp3) is 0.500. The zero-order chi connectivity index (χ0) is 14.0. The molecule has 19 heavy (non-hydrogen) atoms. The monoisotopic (exact) mass is 278 g/mol. The molecule has 1 N–H and O–H groups in total. The van der Waals surface area contributed by atoms with E-state index in [4.69, 9.17) is 4.74 Å². The van der Waals surface area contributed by atoms with Gasteiger partial charge >= 0.3 is 0 Å². The molecule has 104 valence electrons. The Morgan fingerprint density at radius 1 is 1.26 bits per heavy atom. The van der Waals surface area contributed by atoms with Crippen LogP contribution in [0.4, 0.5) is 0 Å². The minimum atomic E-state index is -0.483. The lowest BCUT2D eigenvalue weighted by atomic mass is 9.84. The summed E-state index contributed by atoms with van der Waals surface area (Å²) in [5.41, 5.74) is 1.14. The van der Waals surface area contributed by atoms with Crippen LogP contribution >= 0.6 is 11.3 Å². The molecule has 2 atom stereocenters. The maximum absolute atomic E-state index is 10.5. The predicted molar refractivity (Wildman–Crippen MR) is 81.8 cm³/mol. The van der Waals surface area contributed by atoms with Gasteiger partial charge in [0.25, 0.3) is 0 Å². The first-order chi connectivity index (χ1) is 8.93. The van der Waals surface area contributed by atoms with Gasteiger partial charge in [0.2, 0.25) is 0 Å². The number of aliphatic hydroxyl groups excluding tert-OH is 1. The SMILES string of the molecule is COC(C(O)Cc1csc2ccccc12)C(C)(C)C. The molecule has 2 aromatic rings. The van der Waals surface area contributed by atoms with Crippen LogP contribution < -0.4 is 0 Å². The van der Waals surface area contributed by atoms with Gasteiger partial charge in [-0.3, -0.25) is 0 Å². The van der Waals surface area contributed by atoms with Crippen molar-refractivity contribution in [1.82, 2.24) is 0 Å². The summed E-state index contributed by atoms with van der Waals surface area (Å²) in [4.78, 5) is 0. The minimum Gasteiger partial charge on any atom is -0.390 e. The number of hydrogen-bond acceptors (Lipinski definition) is 3. The molecule has 1 heterocycles. The van der Waals surface area contributed by atoms with Crippen LogP contribution in [0.5, 0.6) is 0 Å². The van der Waals surface area contributed by atoms with Gasteiger partial charge in [0.1, 0.15) is 0 Å². The van der Waals surface area contributed by atoms with E-state index < -0.39 is 6.10 Å². The molecule has 1 aromatic heterocycles. The number of methoxy groups -OCH3 is 1. The van der Waals surface area contributed by atoms with Gasteiger partial charge < -0.3 is 9.84 Å². The second kappa shape index (κ2) is 5.61. The fourth-order valence-corrected chi connectivity index (χ4v) is 3.59. The largest absolute Gasteiger partial charge is 0.390 e. The molecule has 2 unspecified atom stereocenters. The number of benzene rings is 1. The molecule has 0 saturated carbocycles. The average molecular weight is 278 g/mol. The van der Waals surface area contributed by atoms with Gasteiger partial charge in [-0.05, 0) is 27.8 Å². The molecular weight excluding hydrogens is 256 g/mol.